The van der Waals surface area contributed by atoms with Crippen LogP contribution in [-0.2, 0) is 4.79 Å². The minimum atomic E-state index is 0.446. The number of pyridine rings is 1. The molecule has 0 atom stereocenters. The van der Waals surface area contributed by atoms with Crippen LogP contribution in [0, 0.1) is 11.8 Å². The molecule has 28 heavy (non-hydrogen) atoms. The number of Topliss-reactive ketones (excluding diaryl/α,β-unsaturated/α-hetero) is 1. The minimum Gasteiger partial charge on any atom is -0.464 e. The molecule has 0 radical (unpaired) electrons. The van der Waals surface area contributed by atoms with Crippen molar-refractivity contribution >= 4 is 22.6 Å². The summed E-state index contributed by atoms with van der Waals surface area (Å²) in [5.41, 5.74) is 0.920. The number of fused-ring (bicyclic) bond motifs is 1. The van der Waals surface area contributed by atoms with E-state index < -0.39 is 0 Å². The van der Waals surface area contributed by atoms with Gasteiger partial charge in [0.15, 0.2) is 0 Å². The zero-order chi connectivity index (χ0) is 19.3. The second-order valence-corrected chi connectivity index (χ2v) is 8.57. The number of furan rings is 1. The van der Waals surface area contributed by atoms with Crippen molar-refractivity contribution in [1.82, 2.24) is 9.88 Å². The molecule has 1 aliphatic carbocycles. The predicted octanol–water partition coefficient (Wildman–Crippen LogP) is 4.52. The monoisotopic (exact) mass is 383 g/mol. The topological polar surface area (TPSA) is 49.6 Å². The molecule has 0 bridgehead atoms. The molecular formula is C23H33N3O2. The van der Waals surface area contributed by atoms with Gasteiger partial charge in [0, 0.05) is 45.2 Å². The van der Waals surface area contributed by atoms with Crippen LogP contribution in [0.4, 0.5) is 5.82 Å². The molecule has 5 nitrogen and oxygen atoms in total. The number of rotatable bonds is 7. The molecule has 2 aromatic rings. The maximum Gasteiger partial charge on any atom is 0.139 e. The molecule has 2 aliphatic rings. The maximum atomic E-state index is 11.7. The maximum absolute atomic E-state index is 11.7. The van der Waals surface area contributed by atoms with Crippen molar-refractivity contribution in [2.75, 3.05) is 37.6 Å². The molecule has 0 amide bonds. The summed E-state index contributed by atoms with van der Waals surface area (Å²) < 4.78 is 5.52. The second kappa shape index (κ2) is 9.08. The number of ketones is 1. The number of hydrogen-bond donors (Lipinski definition) is 0. The second-order valence-electron chi connectivity index (χ2n) is 8.57. The molecular weight excluding hydrogens is 350 g/mol. The predicted molar refractivity (Wildman–Crippen MR) is 113 cm³/mol. The smallest absolute Gasteiger partial charge is 0.139 e. The van der Waals surface area contributed by atoms with Crippen LogP contribution in [0.15, 0.2) is 29.0 Å². The summed E-state index contributed by atoms with van der Waals surface area (Å²) in [5, 5.41) is 1.12. The Kier molecular flexibility index (Phi) is 6.30. The van der Waals surface area contributed by atoms with E-state index in [0.717, 1.165) is 55.3 Å². The van der Waals surface area contributed by atoms with Gasteiger partial charge < -0.3 is 9.32 Å². The van der Waals surface area contributed by atoms with Gasteiger partial charge in [-0.3, -0.25) is 9.69 Å². The summed E-state index contributed by atoms with van der Waals surface area (Å²) in [6.07, 6.45) is 11.6. The van der Waals surface area contributed by atoms with Crippen molar-refractivity contribution in [3.05, 3.63) is 24.6 Å². The first-order chi connectivity index (χ1) is 13.7. The molecule has 5 heteroatoms. The third-order valence-corrected chi connectivity index (χ3v) is 6.76. The van der Waals surface area contributed by atoms with Crippen molar-refractivity contribution < 1.29 is 9.21 Å². The first-order valence-electron chi connectivity index (χ1n) is 11.0. The van der Waals surface area contributed by atoms with Gasteiger partial charge in [0.05, 0.1) is 11.6 Å². The minimum absolute atomic E-state index is 0.446. The SMILES string of the molecule is CCC(=O)CC1CCC(CCN2CCN(c3nccc4occc34)CC2)CC1. The van der Waals surface area contributed by atoms with Crippen molar-refractivity contribution in [1.29, 1.82) is 0 Å². The Morgan fingerprint density at radius 2 is 1.86 bits per heavy atom. The third kappa shape index (κ3) is 4.57. The van der Waals surface area contributed by atoms with Crippen LogP contribution in [0.3, 0.4) is 0 Å². The highest BCUT2D eigenvalue weighted by molar-refractivity contribution is 5.88. The fourth-order valence-electron chi connectivity index (χ4n) is 4.87. The van der Waals surface area contributed by atoms with Gasteiger partial charge in [-0.2, -0.15) is 0 Å². The van der Waals surface area contributed by atoms with Crippen LogP contribution in [0.1, 0.15) is 51.9 Å². The lowest BCUT2D eigenvalue weighted by Crippen LogP contribution is -2.47. The highest BCUT2D eigenvalue weighted by Gasteiger charge is 2.24. The number of piperazine rings is 1. The van der Waals surface area contributed by atoms with Gasteiger partial charge in [0.1, 0.15) is 17.2 Å². The van der Waals surface area contributed by atoms with Crippen LogP contribution in [-0.4, -0.2) is 48.4 Å². The van der Waals surface area contributed by atoms with Crippen molar-refractivity contribution in [2.45, 2.75) is 51.9 Å². The van der Waals surface area contributed by atoms with Gasteiger partial charge in [-0.25, -0.2) is 4.98 Å². The number of anilines is 1. The number of nitrogens with zero attached hydrogens (tertiary/aromatic N) is 3. The fourth-order valence-corrected chi connectivity index (χ4v) is 4.87. The van der Waals surface area contributed by atoms with Gasteiger partial charge in [0.25, 0.3) is 0 Å². The molecule has 3 heterocycles. The Labute approximate surface area is 168 Å². The Morgan fingerprint density at radius 3 is 2.61 bits per heavy atom. The van der Waals surface area contributed by atoms with Gasteiger partial charge >= 0.3 is 0 Å². The molecule has 0 aromatic carbocycles. The molecule has 152 valence electrons. The number of carbonyl (C=O) groups excluding carboxylic acids is 1. The van der Waals surface area contributed by atoms with Crippen LogP contribution >= 0.6 is 0 Å². The van der Waals surface area contributed by atoms with E-state index in [2.05, 4.69) is 14.8 Å². The summed E-state index contributed by atoms with van der Waals surface area (Å²) >= 11 is 0. The van der Waals surface area contributed by atoms with Crippen LogP contribution < -0.4 is 4.90 Å². The molecule has 0 N–H and O–H groups in total. The van der Waals surface area contributed by atoms with Gasteiger partial charge in [-0.15, -0.1) is 0 Å². The average Bonchev–Trinajstić information content (AvgIpc) is 3.22. The van der Waals surface area contributed by atoms with Crippen molar-refractivity contribution in [3.63, 3.8) is 0 Å². The Bertz CT molecular complexity index is 771. The summed E-state index contributed by atoms with van der Waals surface area (Å²) in [6, 6.07) is 3.95. The Balaban J connectivity index is 1.19. The van der Waals surface area contributed by atoms with Gasteiger partial charge in [0.2, 0.25) is 0 Å². The summed E-state index contributed by atoms with van der Waals surface area (Å²) in [6.45, 7) is 7.47. The van der Waals surface area contributed by atoms with Crippen LogP contribution in [0.25, 0.3) is 11.0 Å². The first-order valence-corrected chi connectivity index (χ1v) is 11.0. The Morgan fingerprint density at radius 1 is 1.11 bits per heavy atom. The standard InChI is InChI=1S/C23H33N3O2/c1-2-20(27)17-19-5-3-18(4-6-19)8-11-25-12-14-26(15-13-25)23-21-9-16-28-22(21)7-10-24-23/h7,9-10,16,18-19H,2-6,8,11-15,17H2,1H3. The molecule has 4 rings (SSSR count). The zero-order valence-electron chi connectivity index (χ0n) is 17.1. The van der Waals surface area contributed by atoms with E-state index in [0.29, 0.717) is 18.1 Å². The largest absolute Gasteiger partial charge is 0.464 e. The molecule has 0 unspecified atom stereocenters. The average molecular weight is 384 g/mol. The highest BCUT2D eigenvalue weighted by atomic mass is 16.3. The van der Waals surface area contributed by atoms with Crippen molar-refractivity contribution in [3.8, 4) is 0 Å². The summed E-state index contributed by atoms with van der Waals surface area (Å²) in [4.78, 5) is 21.3. The van der Waals surface area contributed by atoms with E-state index in [4.69, 9.17) is 4.42 Å². The molecule has 1 saturated carbocycles. The van der Waals surface area contributed by atoms with E-state index in [9.17, 15) is 4.79 Å². The summed E-state index contributed by atoms with van der Waals surface area (Å²) in [5.74, 6) is 3.02. The molecule has 0 spiro atoms. The van der Waals surface area contributed by atoms with E-state index in [1.54, 1.807) is 6.26 Å². The van der Waals surface area contributed by atoms with Crippen LogP contribution in [0.5, 0.6) is 0 Å². The number of hydrogen-bond acceptors (Lipinski definition) is 5. The van der Waals surface area contributed by atoms with E-state index in [1.807, 2.05) is 25.3 Å². The van der Waals surface area contributed by atoms with E-state index in [-0.39, 0.29) is 0 Å². The normalized spacial score (nSPS) is 24.0. The lowest BCUT2D eigenvalue weighted by Gasteiger charge is -2.36. The fraction of sp³-hybridized carbons (Fsp3) is 0.652. The first kappa shape index (κ1) is 19.4. The van der Waals surface area contributed by atoms with Crippen molar-refractivity contribution in [2.24, 2.45) is 11.8 Å². The highest BCUT2D eigenvalue weighted by Crippen LogP contribution is 2.33. The number of aromatic nitrogens is 1. The van der Waals surface area contributed by atoms with E-state index in [1.165, 1.54) is 38.6 Å². The lowest BCUT2D eigenvalue weighted by atomic mass is 9.78. The summed E-state index contributed by atoms with van der Waals surface area (Å²) in [7, 11) is 0. The van der Waals surface area contributed by atoms with E-state index >= 15 is 0 Å². The lowest BCUT2D eigenvalue weighted by molar-refractivity contribution is -0.119. The molecule has 1 aliphatic heterocycles. The molecule has 2 fully saturated rings. The van der Waals surface area contributed by atoms with Crippen LogP contribution in [0.2, 0.25) is 0 Å². The van der Waals surface area contributed by atoms with Gasteiger partial charge in [-0.05, 0) is 49.8 Å². The zero-order valence-corrected chi connectivity index (χ0v) is 17.1. The molecule has 1 saturated heterocycles. The van der Waals surface area contributed by atoms with Gasteiger partial charge in [-0.1, -0.05) is 19.8 Å². The quantitative estimate of drug-likeness (QED) is 0.704. The molecule has 2 aromatic heterocycles. The third-order valence-electron chi connectivity index (χ3n) is 6.76. The number of carbonyl (C=O) groups is 1. The Hall–Kier alpha value is -1.88.